The molecule has 2 atom stereocenters. The van der Waals surface area contributed by atoms with Gasteiger partial charge in [0, 0.05) is 12.1 Å². The number of hydrogen-bond donors (Lipinski definition) is 2. The molecule has 2 N–H and O–H groups in total. The van der Waals surface area contributed by atoms with Gasteiger partial charge in [-0.15, -0.1) is 0 Å². The van der Waals surface area contributed by atoms with Gasteiger partial charge < -0.3 is 10.6 Å². The fourth-order valence-electron chi connectivity index (χ4n) is 2.66. The van der Waals surface area contributed by atoms with Gasteiger partial charge >= 0.3 is 11.8 Å². The van der Waals surface area contributed by atoms with Gasteiger partial charge in [-0.05, 0) is 37.5 Å². The summed E-state index contributed by atoms with van der Waals surface area (Å²) in [6.07, 6.45) is 5.52. The summed E-state index contributed by atoms with van der Waals surface area (Å²) in [5, 5.41) is 5.62. The summed E-state index contributed by atoms with van der Waals surface area (Å²) < 4.78 is 0. The van der Waals surface area contributed by atoms with E-state index in [2.05, 4.69) is 24.5 Å². The van der Waals surface area contributed by atoms with Gasteiger partial charge in [0.25, 0.3) is 0 Å². The SMILES string of the molecule is C[C@H]1CCC[C@H](C)C1NC(=O)C(=O)NC1CC1. The maximum atomic E-state index is 11.7. The van der Waals surface area contributed by atoms with Gasteiger partial charge in [0.15, 0.2) is 0 Å². The molecular formula is C13H22N2O2. The highest BCUT2D eigenvalue weighted by atomic mass is 16.2. The first-order valence-corrected chi connectivity index (χ1v) is 6.69. The smallest absolute Gasteiger partial charge is 0.309 e. The van der Waals surface area contributed by atoms with Gasteiger partial charge in [0.1, 0.15) is 0 Å². The van der Waals surface area contributed by atoms with Gasteiger partial charge in [-0.2, -0.15) is 0 Å². The average Bonchev–Trinajstić information content (AvgIpc) is 3.07. The molecule has 0 aromatic heterocycles. The second-order valence-electron chi connectivity index (χ2n) is 5.63. The van der Waals surface area contributed by atoms with Gasteiger partial charge in [0.2, 0.25) is 0 Å². The third-order valence-electron chi connectivity index (χ3n) is 3.96. The Balaban J connectivity index is 1.85. The zero-order valence-corrected chi connectivity index (χ0v) is 10.7. The molecule has 2 rings (SSSR count). The average molecular weight is 238 g/mol. The second-order valence-corrected chi connectivity index (χ2v) is 5.63. The Morgan fingerprint density at radius 1 is 0.882 bits per heavy atom. The Morgan fingerprint density at radius 3 is 1.94 bits per heavy atom. The minimum atomic E-state index is -0.461. The molecule has 2 aliphatic carbocycles. The fraction of sp³-hybridized carbons (Fsp3) is 0.846. The van der Waals surface area contributed by atoms with Crippen molar-refractivity contribution < 1.29 is 9.59 Å². The van der Waals surface area contributed by atoms with Crippen LogP contribution in [0.2, 0.25) is 0 Å². The van der Waals surface area contributed by atoms with E-state index in [0.717, 1.165) is 25.7 Å². The molecular weight excluding hydrogens is 216 g/mol. The third kappa shape index (κ3) is 3.20. The lowest BCUT2D eigenvalue weighted by Gasteiger charge is -2.34. The Bertz CT molecular complexity index is 303. The molecule has 0 unspecified atom stereocenters. The van der Waals surface area contributed by atoms with E-state index in [1.807, 2.05) is 0 Å². The molecule has 2 aliphatic rings. The molecule has 0 aliphatic heterocycles. The number of nitrogens with one attached hydrogen (secondary N) is 2. The standard InChI is InChI=1S/C13H22N2O2/c1-8-4-3-5-9(2)11(8)15-13(17)12(16)14-10-6-7-10/h8-11H,3-7H2,1-2H3,(H,14,16)(H,15,17)/t8-,9-/m0/s1. The number of amides is 2. The minimum absolute atomic E-state index is 0.154. The van der Waals surface area contributed by atoms with Crippen molar-refractivity contribution >= 4 is 11.8 Å². The van der Waals surface area contributed by atoms with Crippen molar-refractivity contribution in [3.63, 3.8) is 0 Å². The van der Waals surface area contributed by atoms with E-state index in [9.17, 15) is 9.59 Å². The summed E-state index contributed by atoms with van der Waals surface area (Å²) in [5.41, 5.74) is 0. The first-order chi connectivity index (χ1) is 8.08. The quantitative estimate of drug-likeness (QED) is 0.710. The summed E-state index contributed by atoms with van der Waals surface area (Å²) >= 11 is 0. The van der Waals surface area contributed by atoms with E-state index >= 15 is 0 Å². The molecule has 0 heterocycles. The molecule has 4 nitrogen and oxygen atoms in total. The largest absolute Gasteiger partial charge is 0.345 e. The molecule has 4 heteroatoms. The highest BCUT2D eigenvalue weighted by Crippen LogP contribution is 2.28. The van der Waals surface area contributed by atoms with Crippen LogP contribution < -0.4 is 10.6 Å². The van der Waals surface area contributed by atoms with Crippen LogP contribution in [0.3, 0.4) is 0 Å². The van der Waals surface area contributed by atoms with Crippen molar-refractivity contribution in [2.24, 2.45) is 11.8 Å². The molecule has 0 spiro atoms. The monoisotopic (exact) mass is 238 g/mol. The number of hydrogen-bond acceptors (Lipinski definition) is 2. The van der Waals surface area contributed by atoms with Gasteiger partial charge in [0.05, 0.1) is 0 Å². The van der Waals surface area contributed by atoms with Crippen LogP contribution in [-0.2, 0) is 9.59 Å². The van der Waals surface area contributed by atoms with Crippen molar-refractivity contribution in [2.75, 3.05) is 0 Å². The highest BCUT2D eigenvalue weighted by molar-refractivity contribution is 6.35. The van der Waals surface area contributed by atoms with Crippen molar-refractivity contribution in [1.29, 1.82) is 0 Å². The van der Waals surface area contributed by atoms with E-state index in [4.69, 9.17) is 0 Å². The maximum absolute atomic E-state index is 11.7. The number of carbonyl (C=O) groups excluding carboxylic acids is 2. The van der Waals surface area contributed by atoms with E-state index in [1.54, 1.807) is 0 Å². The summed E-state index contributed by atoms with van der Waals surface area (Å²) in [7, 11) is 0. The van der Waals surface area contributed by atoms with Crippen molar-refractivity contribution in [3.05, 3.63) is 0 Å². The summed E-state index contributed by atoms with van der Waals surface area (Å²) in [6.45, 7) is 4.30. The lowest BCUT2D eigenvalue weighted by Crippen LogP contribution is -2.50. The van der Waals surface area contributed by atoms with Gasteiger partial charge in [-0.3, -0.25) is 9.59 Å². The van der Waals surface area contributed by atoms with Crippen LogP contribution in [0, 0.1) is 11.8 Å². The number of carbonyl (C=O) groups is 2. The zero-order valence-electron chi connectivity index (χ0n) is 10.7. The Hall–Kier alpha value is -1.06. The lowest BCUT2D eigenvalue weighted by atomic mass is 9.79. The van der Waals surface area contributed by atoms with E-state index < -0.39 is 11.8 Å². The molecule has 17 heavy (non-hydrogen) atoms. The molecule has 0 bridgehead atoms. The Morgan fingerprint density at radius 2 is 1.41 bits per heavy atom. The van der Waals surface area contributed by atoms with Crippen molar-refractivity contribution in [3.8, 4) is 0 Å². The molecule has 96 valence electrons. The van der Waals surface area contributed by atoms with Crippen LogP contribution in [-0.4, -0.2) is 23.9 Å². The molecule has 0 aromatic rings. The van der Waals surface area contributed by atoms with Crippen LogP contribution in [0.15, 0.2) is 0 Å². The van der Waals surface area contributed by atoms with Crippen LogP contribution >= 0.6 is 0 Å². The highest BCUT2D eigenvalue weighted by Gasteiger charge is 2.32. The Kier molecular flexibility index (Phi) is 3.69. The van der Waals surface area contributed by atoms with Crippen LogP contribution in [0.5, 0.6) is 0 Å². The minimum Gasteiger partial charge on any atom is -0.345 e. The zero-order chi connectivity index (χ0) is 12.4. The van der Waals surface area contributed by atoms with Crippen molar-refractivity contribution in [2.45, 2.75) is 58.0 Å². The first-order valence-electron chi connectivity index (χ1n) is 6.69. The van der Waals surface area contributed by atoms with Gasteiger partial charge in [-0.1, -0.05) is 20.3 Å². The van der Waals surface area contributed by atoms with Crippen LogP contribution in [0.1, 0.15) is 46.0 Å². The van der Waals surface area contributed by atoms with Crippen LogP contribution in [0.4, 0.5) is 0 Å². The predicted octanol–water partition coefficient (Wildman–Crippen LogP) is 1.21. The lowest BCUT2D eigenvalue weighted by molar-refractivity contribution is -0.140. The fourth-order valence-corrected chi connectivity index (χ4v) is 2.66. The summed E-state index contributed by atoms with van der Waals surface area (Å²) in [5.74, 6) is 0.0211. The number of rotatable bonds is 2. The molecule has 0 aromatic carbocycles. The van der Waals surface area contributed by atoms with E-state index in [0.29, 0.717) is 11.8 Å². The van der Waals surface area contributed by atoms with Crippen molar-refractivity contribution in [1.82, 2.24) is 10.6 Å². The normalized spacial score (nSPS) is 29.8. The van der Waals surface area contributed by atoms with Crippen LogP contribution in [0.25, 0.3) is 0 Å². The molecule has 0 radical (unpaired) electrons. The summed E-state index contributed by atoms with van der Waals surface area (Å²) in [4.78, 5) is 23.3. The molecule has 2 amide bonds. The van der Waals surface area contributed by atoms with E-state index in [1.165, 1.54) is 6.42 Å². The molecule has 2 saturated carbocycles. The maximum Gasteiger partial charge on any atom is 0.309 e. The predicted molar refractivity (Wildman–Crippen MR) is 65.3 cm³/mol. The third-order valence-corrected chi connectivity index (χ3v) is 3.96. The molecule has 0 saturated heterocycles. The summed E-state index contributed by atoms with van der Waals surface area (Å²) in [6, 6.07) is 0.399. The molecule has 2 fully saturated rings. The van der Waals surface area contributed by atoms with Gasteiger partial charge in [-0.25, -0.2) is 0 Å². The van der Waals surface area contributed by atoms with E-state index in [-0.39, 0.29) is 12.1 Å². The second kappa shape index (κ2) is 5.07. The topological polar surface area (TPSA) is 58.2 Å². The first kappa shape index (κ1) is 12.4. The Labute approximate surface area is 103 Å².